The number of aliphatic hydroxyl groups excluding tert-OH is 1. The number of nitrogens with zero attached hydrogens (tertiary/aromatic N) is 3. The molecule has 1 aromatic heterocycles. The van der Waals surface area contributed by atoms with Gasteiger partial charge < -0.3 is 25.2 Å². The molecule has 1 aliphatic carbocycles. The van der Waals surface area contributed by atoms with Gasteiger partial charge in [0.05, 0.1) is 6.61 Å². The van der Waals surface area contributed by atoms with Crippen molar-refractivity contribution in [1.82, 2.24) is 20.1 Å². The van der Waals surface area contributed by atoms with Gasteiger partial charge in [0.15, 0.2) is 5.16 Å². The molecule has 0 aliphatic heterocycles. The number of nitrogens with one attached hydrogen (secondary N) is 1. The van der Waals surface area contributed by atoms with Crippen molar-refractivity contribution >= 4 is 23.7 Å². The van der Waals surface area contributed by atoms with Gasteiger partial charge in [-0.15, -0.1) is 16.8 Å². The lowest BCUT2D eigenvalue weighted by atomic mass is 9.89. The molecule has 1 fully saturated rings. The highest BCUT2D eigenvalue weighted by molar-refractivity contribution is 7.99. The van der Waals surface area contributed by atoms with E-state index in [1.165, 1.54) is 32.1 Å². The lowest BCUT2D eigenvalue weighted by Gasteiger charge is -2.21. The average molecular weight is 401 g/mol. The molecule has 4 N–H and O–H groups in total. The van der Waals surface area contributed by atoms with Crippen LogP contribution in [-0.4, -0.2) is 67.5 Å². The van der Waals surface area contributed by atoms with Crippen molar-refractivity contribution < 1.29 is 24.9 Å². The van der Waals surface area contributed by atoms with Gasteiger partial charge >= 0.3 is 11.9 Å². The normalized spacial score (nSPS) is 14.3. The summed E-state index contributed by atoms with van der Waals surface area (Å²) in [6.07, 6.45) is 8.35. The van der Waals surface area contributed by atoms with E-state index in [1.54, 1.807) is 11.8 Å². The van der Waals surface area contributed by atoms with E-state index in [2.05, 4.69) is 26.7 Å². The fraction of sp³-hybridized carbons (Fsp3) is 0.647. The molecule has 0 bridgehead atoms. The third-order valence-corrected chi connectivity index (χ3v) is 4.98. The Morgan fingerprint density at radius 3 is 2.41 bits per heavy atom. The van der Waals surface area contributed by atoms with E-state index in [-0.39, 0.29) is 6.61 Å². The summed E-state index contributed by atoms with van der Waals surface area (Å²) in [5, 5.41) is 36.5. The SMILES string of the molecule is C=CCn1c(SCCNCCO)nnc1C1CCCCC1.O=C(O)C(=O)O. The van der Waals surface area contributed by atoms with Gasteiger partial charge in [0, 0.05) is 31.3 Å². The number of aliphatic hydroxyl groups is 1. The molecule has 0 unspecified atom stereocenters. The zero-order valence-electron chi connectivity index (χ0n) is 15.3. The summed E-state index contributed by atoms with van der Waals surface area (Å²) in [5.41, 5.74) is 0. The molecule has 2 rings (SSSR count). The molecule has 1 saturated carbocycles. The van der Waals surface area contributed by atoms with Crippen LogP contribution < -0.4 is 5.32 Å². The summed E-state index contributed by atoms with van der Waals surface area (Å²) in [5.74, 6) is -1.02. The molecule has 0 radical (unpaired) electrons. The second-order valence-electron chi connectivity index (χ2n) is 6.01. The maximum atomic E-state index is 9.10. The fourth-order valence-corrected chi connectivity index (χ4v) is 3.64. The Kier molecular flexibility index (Phi) is 11.4. The van der Waals surface area contributed by atoms with Gasteiger partial charge in [-0.25, -0.2) is 9.59 Å². The number of thioether (sulfide) groups is 1. The molecule has 1 aromatic rings. The predicted octanol–water partition coefficient (Wildman–Crippen LogP) is 1.34. The van der Waals surface area contributed by atoms with Crippen LogP contribution in [0.1, 0.15) is 43.8 Å². The molecular formula is C17H28N4O5S. The molecule has 152 valence electrons. The summed E-state index contributed by atoms with van der Waals surface area (Å²) in [7, 11) is 0. The Hall–Kier alpha value is -1.91. The summed E-state index contributed by atoms with van der Waals surface area (Å²) in [6, 6.07) is 0. The molecule has 0 atom stereocenters. The fourth-order valence-electron chi connectivity index (χ4n) is 2.79. The molecule has 1 aliphatic rings. The summed E-state index contributed by atoms with van der Waals surface area (Å²) in [6.45, 7) is 6.34. The quantitative estimate of drug-likeness (QED) is 0.209. The second kappa shape index (κ2) is 13.3. The van der Waals surface area contributed by atoms with Gasteiger partial charge in [0.1, 0.15) is 5.82 Å². The standard InChI is InChI=1S/C15H26N4OS.C2H2O4/c1-2-10-19-14(13-6-4-3-5-7-13)17-18-15(19)21-12-9-16-8-11-20;3-1(4)2(5)6/h2,13,16,20H,1,3-12H2;(H,3,4)(H,5,6). The summed E-state index contributed by atoms with van der Waals surface area (Å²) >= 11 is 1.72. The monoisotopic (exact) mass is 400 g/mol. The van der Waals surface area contributed by atoms with Gasteiger partial charge in [-0.3, -0.25) is 0 Å². The van der Waals surface area contributed by atoms with Gasteiger partial charge in [0.25, 0.3) is 0 Å². The van der Waals surface area contributed by atoms with Gasteiger partial charge in [-0.1, -0.05) is 37.1 Å². The van der Waals surface area contributed by atoms with E-state index in [0.717, 1.165) is 29.8 Å². The number of carboxylic acids is 2. The van der Waals surface area contributed by atoms with E-state index in [9.17, 15) is 0 Å². The van der Waals surface area contributed by atoms with Crippen molar-refractivity contribution in [3.05, 3.63) is 18.5 Å². The van der Waals surface area contributed by atoms with Gasteiger partial charge in [0.2, 0.25) is 0 Å². The lowest BCUT2D eigenvalue weighted by molar-refractivity contribution is -0.159. The van der Waals surface area contributed by atoms with Crippen molar-refractivity contribution in [1.29, 1.82) is 0 Å². The molecular weight excluding hydrogens is 372 g/mol. The van der Waals surface area contributed by atoms with Crippen molar-refractivity contribution in [3.63, 3.8) is 0 Å². The third-order valence-electron chi connectivity index (χ3n) is 4.01. The average Bonchev–Trinajstić information content (AvgIpc) is 3.06. The highest BCUT2D eigenvalue weighted by atomic mass is 32.2. The number of hydrogen-bond acceptors (Lipinski definition) is 7. The number of carbonyl (C=O) groups is 2. The minimum Gasteiger partial charge on any atom is -0.473 e. The largest absolute Gasteiger partial charge is 0.473 e. The molecule has 1 heterocycles. The first-order valence-corrected chi connectivity index (χ1v) is 9.94. The van der Waals surface area contributed by atoms with Crippen LogP contribution in [-0.2, 0) is 16.1 Å². The van der Waals surface area contributed by atoms with Crippen LogP contribution in [0.2, 0.25) is 0 Å². The molecule has 10 heteroatoms. The van der Waals surface area contributed by atoms with Crippen LogP contribution in [0, 0.1) is 0 Å². The molecule has 0 amide bonds. The summed E-state index contributed by atoms with van der Waals surface area (Å²) < 4.78 is 2.22. The van der Waals surface area contributed by atoms with Crippen LogP contribution in [0.3, 0.4) is 0 Å². The molecule has 27 heavy (non-hydrogen) atoms. The van der Waals surface area contributed by atoms with Crippen molar-refractivity contribution in [2.75, 3.05) is 25.4 Å². The van der Waals surface area contributed by atoms with Crippen molar-refractivity contribution in [3.8, 4) is 0 Å². The highest BCUT2D eigenvalue weighted by Crippen LogP contribution is 2.33. The molecule has 0 saturated heterocycles. The van der Waals surface area contributed by atoms with Crippen LogP contribution >= 0.6 is 11.8 Å². The lowest BCUT2D eigenvalue weighted by Crippen LogP contribution is -2.21. The Balaban J connectivity index is 0.000000527. The minimum atomic E-state index is -1.82. The predicted molar refractivity (Wildman–Crippen MR) is 102 cm³/mol. The Labute approximate surface area is 162 Å². The van der Waals surface area contributed by atoms with E-state index in [1.807, 2.05) is 6.08 Å². The Bertz CT molecular complexity index is 590. The van der Waals surface area contributed by atoms with E-state index >= 15 is 0 Å². The van der Waals surface area contributed by atoms with E-state index in [4.69, 9.17) is 24.9 Å². The maximum absolute atomic E-state index is 9.10. The summed E-state index contributed by atoms with van der Waals surface area (Å²) in [4.78, 5) is 18.2. The van der Waals surface area contributed by atoms with Gasteiger partial charge in [-0.2, -0.15) is 0 Å². The molecule has 9 nitrogen and oxygen atoms in total. The van der Waals surface area contributed by atoms with E-state index < -0.39 is 11.9 Å². The third kappa shape index (κ3) is 8.55. The number of rotatable bonds is 9. The number of aliphatic carboxylic acids is 2. The first kappa shape index (κ1) is 23.1. The highest BCUT2D eigenvalue weighted by Gasteiger charge is 2.22. The zero-order valence-corrected chi connectivity index (χ0v) is 16.2. The minimum absolute atomic E-state index is 0.184. The first-order chi connectivity index (χ1) is 13.0. The molecule has 0 aromatic carbocycles. The van der Waals surface area contributed by atoms with Crippen LogP contribution in [0.4, 0.5) is 0 Å². The topological polar surface area (TPSA) is 138 Å². The Morgan fingerprint density at radius 1 is 1.19 bits per heavy atom. The number of hydrogen-bond donors (Lipinski definition) is 4. The van der Waals surface area contributed by atoms with Crippen molar-refractivity contribution in [2.24, 2.45) is 0 Å². The smallest absolute Gasteiger partial charge is 0.414 e. The first-order valence-electron chi connectivity index (χ1n) is 8.95. The Morgan fingerprint density at radius 2 is 1.85 bits per heavy atom. The number of aromatic nitrogens is 3. The van der Waals surface area contributed by atoms with Crippen molar-refractivity contribution in [2.45, 2.75) is 49.7 Å². The van der Waals surface area contributed by atoms with Crippen LogP contribution in [0.15, 0.2) is 17.8 Å². The second-order valence-corrected chi connectivity index (χ2v) is 7.07. The van der Waals surface area contributed by atoms with Crippen LogP contribution in [0.5, 0.6) is 0 Å². The van der Waals surface area contributed by atoms with Crippen LogP contribution in [0.25, 0.3) is 0 Å². The van der Waals surface area contributed by atoms with E-state index in [0.29, 0.717) is 12.5 Å². The zero-order chi connectivity index (χ0) is 20.1. The maximum Gasteiger partial charge on any atom is 0.414 e. The number of carboxylic acid groups (broad SMARTS) is 2. The number of allylic oxidation sites excluding steroid dienone is 1. The van der Waals surface area contributed by atoms with Gasteiger partial charge in [-0.05, 0) is 12.8 Å². The molecule has 0 spiro atoms.